The number of nitrogens with one attached hydrogen (secondary N) is 2. The molecule has 11 nitrogen and oxygen atoms in total. The van der Waals surface area contributed by atoms with Gasteiger partial charge in [-0.3, -0.25) is 20.5 Å². The van der Waals surface area contributed by atoms with E-state index in [0.29, 0.717) is 0 Å². The first-order valence-electron chi connectivity index (χ1n) is 8.78. The second kappa shape index (κ2) is 9.41. The Morgan fingerprint density at radius 2 is 2.28 bits per heavy atom. The predicted molar refractivity (Wildman–Crippen MR) is 95.1 cm³/mol. The zero-order valence-electron chi connectivity index (χ0n) is 15.2. The van der Waals surface area contributed by atoms with Crippen molar-refractivity contribution in [3.63, 3.8) is 0 Å². The van der Waals surface area contributed by atoms with Crippen molar-refractivity contribution in [2.45, 2.75) is 18.4 Å². The quantitative estimate of drug-likeness (QED) is 0.153. The summed E-state index contributed by atoms with van der Waals surface area (Å²) >= 11 is 0. The van der Waals surface area contributed by atoms with E-state index in [-0.39, 0.29) is 48.8 Å². The number of aliphatic hydroxyl groups is 2. The first-order valence-corrected chi connectivity index (χ1v) is 8.78. The fraction of sp³-hybridized carbons (Fsp3) is 0.412. The molecule has 0 fully saturated rings. The highest BCUT2D eigenvalue weighted by Gasteiger charge is 2.27. The third kappa shape index (κ3) is 4.85. The van der Waals surface area contributed by atoms with Crippen molar-refractivity contribution in [1.29, 1.82) is 0 Å². The van der Waals surface area contributed by atoms with Crippen molar-refractivity contribution >= 4 is 11.7 Å². The van der Waals surface area contributed by atoms with Crippen molar-refractivity contribution < 1.29 is 34.0 Å². The molecule has 1 heterocycles. The Kier molecular flexibility index (Phi) is 6.69. The summed E-state index contributed by atoms with van der Waals surface area (Å²) in [4.78, 5) is 15.6. The van der Waals surface area contributed by atoms with Crippen LogP contribution in [0.2, 0.25) is 0 Å². The van der Waals surface area contributed by atoms with Crippen LogP contribution < -0.4 is 15.5 Å². The van der Waals surface area contributed by atoms with Gasteiger partial charge in [-0.25, -0.2) is 9.02 Å². The summed E-state index contributed by atoms with van der Waals surface area (Å²) in [5, 5.41) is 36.8. The fourth-order valence-electron chi connectivity index (χ4n) is 2.85. The van der Waals surface area contributed by atoms with E-state index in [2.05, 4.69) is 25.3 Å². The Hall–Kier alpha value is -3.09. The average molecular weight is 409 g/mol. The summed E-state index contributed by atoms with van der Waals surface area (Å²) in [6.45, 7) is -0.435. The molecule has 1 aliphatic carbocycles. The summed E-state index contributed by atoms with van der Waals surface area (Å²) in [7, 11) is 0. The molecule has 0 radical (unpaired) electrons. The van der Waals surface area contributed by atoms with E-state index in [1.807, 2.05) is 5.48 Å². The Balaban J connectivity index is 1.56. The number of halogens is 1. The molecule has 2 aromatic rings. The molecule has 5 N–H and O–H groups in total. The largest absolute Gasteiger partial charge is 0.472 e. The molecule has 29 heavy (non-hydrogen) atoms. The Morgan fingerprint density at radius 1 is 1.45 bits per heavy atom. The summed E-state index contributed by atoms with van der Waals surface area (Å²) < 4.78 is 23.3. The molecule has 1 aromatic carbocycles. The van der Waals surface area contributed by atoms with Crippen molar-refractivity contribution in [1.82, 2.24) is 21.1 Å². The SMILES string of the molecule is O=C(NCCOc1nonc1C(=NCC1Cc2ccc(F)cc21)NO)[C@@H](O)CO. The summed E-state index contributed by atoms with van der Waals surface area (Å²) in [5.41, 5.74) is 3.88. The van der Waals surface area contributed by atoms with Crippen molar-refractivity contribution in [2.24, 2.45) is 4.99 Å². The van der Waals surface area contributed by atoms with Gasteiger partial charge in [0.05, 0.1) is 13.2 Å². The van der Waals surface area contributed by atoms with E-state index in [9.17, 15) is 14.4 Å². The van der Waals surface area contributed by atoms with Gasteiger partial charge in [0, 0.05) is 12.5 Å². The van der Waals surface area contributed by atoms with Crippen LogP contribution in [0.3, 0.4) is 0 Å². The standard InChI is InChI=1S/C17H20FN5O6/c18-11-2-1-9-5-10(12(9)6-11)7-20-15(21-27)14-17(23-29-22-14)28-4-3-19-16(26)13(25)8-24/h1-2,6,10,13,24-25,27H,3-5,7-8H2,(H,19,26)(H,20,21)/t10?,13-/m0/s1. The molecule has 3 rings (SSSR count). The summed E-state index contributed by atoms with van der Waals surface area (Å²) in [5.74, 6) is -1.14. The number of amides is 1. The molecule has 1 amide bonds. The third-order valence-corrected chi connectivity index (χ3v) is 4.39. The first kappa shape index (κ1) is 20.6. The van der Waals surface area contributed by atoms with E-state index in [1.165, 1.54) is 12.1 Å². The minimum Gasteiger partial charge on any atom is -0.472 e. The highest BCUT2D eigenvalue weighted by molar-refractivity contribution is 5.98. The molecule has 1 unspecified atom stereocenters. The second-order valence-corrected chi connectivity index (χ2v) is 6.30. The van der Waals surface area contributed by atoms with Gasteiger partial charge in [0.2, 0.25) is 5.69 Å². The van der Waals surface area contributed by atoms with Crippen LogP contribution in [-0.4, -0.2) is 69.9 Å². The van der Waals surface area contributed by atoms with E-state index in [4.69, 9.17) is 14.9 Å². The van der Waals surface area contributed by atoms with Crippen LogP contribution in [0.5, 0.6) is 5.88 Å². The molecule has 0 spiro atoms. The van der Waals surface area contributed by atoms with Crippen LogP contribution in [0.1, 0.15) is 22.7 Å². The zero-order chi connectivity index (χ0) is 20.8. The van der Waals surface area contributed by atoms with Crippen LogP contribution in [0, 0.1) is 5.82 Å². The molecule has 1 aliphatic rings. The number of carbonyl (C=O) groups is 1. The number of rotatable bonds is 9. The Morgan fingerprint density at radius 3 is 3.03 bits per heavy atom. The number of hydrogen-bond acceptors (Lipinski definition) is 9. The summed E-state index contributed by atoms with van der Waals surface area (Å²) in [6, 6.07) is 4.62. The maximum atomic E-state index is 13.4. The molecular weight excluding hydrogens is 389 g/mol. The van der Waals surface area contributed by atoms with Crippen LogP contribution in [-0.2, 0) is 11.2 Å². The molecule has 12 heteroatoms. The maximum Gasteiger partial charge on any atom is 0.287 e. The molecule has 0 bridgehead atoms. The van der Waals surface area contributed by atoms with E-state index >= 15 is 0 Å². The van der Waals surface area contributed by atoms with Gasteiger partial charge >= 0.3 is 0 Å². The van der Waals surface area contributed by atoms with Crippen molar-refractivity contribution in [3.8, 4) is 5.88 Å². The van der Waals surface area contributed by atoms with Gasteiger partial charge < -0.3 is 20.3 Å². The van der Waals surface area contributed by atoms with E-state index in [0.717, 1.165) is 17.5 Å². The fourth-order valence-corrected chi connectivity index (χ4v) is 2.85. The first-order chi connectivity index (χ1) is 14.0. The monoisotopic (exact) mass is 409 g/mol. The number of nitrogens with zero attached hydrogens (tertiary/aromatic N) is 3. The van der Waals surface area contributed by atoms with Crippen LogP contribution in [0.15, 0.2) is 27.8 Å². The van der Waals surface area contributed by atoms with E-state index in [1.54, 1.807) is 6.07 Å². The summed E-state index contributed by atoms with van der Waals surface area (Å²) in [6.07, 6.45) is -0.765. The number of benzene rings is 1. The van der Waals surface area contributed by atoms with Gasteiger partial charge in [-0.2, -0.15) is 0 Å². The van der Waals surface area contributed by atoms with Gasteiger partial charge in [0.1, 0.15) is 12.4 Å². The van der Waals surface area contributed by atoms with Crippen LogP contribution in [0.25, 0.3) is 0 Å². The minimum absolute atomic E-state index is 0.0152. The maximum absolute atomic E-state index is 13.4. The number of aromatic nitrogens is 2. The molecule has 0 saturated carbocycles. The number of hydroxylamine groups is 1. The zero-order valence-corrected chi connectivity index (χ0v) is 15.2. The molecular formula is C17H20FN5O6. The lowest BCUT2D eigenvalue weighted by Gasteiger charge is -2.28. The number of ether oxygens (including phenoxy) is 1. The molecule has 0 aliphatic heterocycles. The Bertz CT molecular complexity index is 889. The average Bonchev–Trinajstić information content (AvgIpc) is 3.17. The Labute approximate surface area is 164 Å². The van der Waals surface area contributed by atoms with Gasteiger partial charge in [-0.05, 0) is 40.0 Å². The second-order valence-electron chi connectivity index (χ2n) is 6.30. The number of amidine groups is 1. The van der Waals surface area contributed by atoms with Crippen LogP contribution in [0.4, 0.5) is 4.39 Å². The number of carbonyl (C=O) groups excluding carboxylic acids is 1. The lowest BCUT2D eigenvalue weighted by Crippen LogP contribution is -2.38. The normalized spacial score (nSPS) is 16.6. The van der Waals surface area contributed by atoms with Crippen molar-refractivity contribution in [3.05, 3.63) is 40.8 Å². The number of hydrogen-bond donors (Lipinski definition) is 5. The number of fused-ring (bicyclic) bond motifs is 1. The molecule has 2 atom stereocenters. The van der Waals surface area contributed by atoms with Crippen molar-refractivity contribution in [2.75, 3.05) is 26.3 Å². The molecule has 0 saturated heterocycles. The number of aliphatic imine (C=N–C) groups is 1. The topological polar surface area (TPSA) is 162 Å². The molecule has 156 valence electrons. The van der Waals surface area contributed by atoms with Gasteiger partial charge in [-0.15, -0.1) is 0 Å². The van der Waals surface area contributed by atoms with Gasteiger partial charge in [0.15, 0.2) is 11.9 Å². The highest BCUT2D eigenvalue weighted by Crippen LogP contribution is 2.35. The van der Waals surface area contributed by atoms with Gasteiger partial charge in [-0.1, -0.05) is 6.07 Å². The number of aliphatic hydroxyl groups excluding tert-OH is 2. The van der Waals surface area contributed by atoms with Gasteiger partial charge in [0.25, 0.3) is 11.8 Å². The minimum atomic E-state index is -1.51. The highest BCUT2D eigenvalue weighted by atomic mass is 19.1. The predicted octanol–water partition coefficient (Wildman–Crippen LogP) is -0.878. The molecule has 1 aromatic heterocycles. The smallest absolute Gasteiger partial charge is 0.287 e. The van der Waals surface area contributed by atoms with E-state index < -0.39 is 18.6 Å². The third-order valence-electron chi connectivity index (χ3n) is 4.39. The lowest BCUT2D eigenvalue weighted by molar-refractivity contribution is -0.131. The van der Waals surface area contributed by atoms with Crippen LogP contribution >= 0.6 is 0 Å². The lowest BCUT2D eigenvalue weighted by atomic mass is 9.77.